The zero-order chi connectivity index (χ0) is 21.2. The Kier molecular flexibility index (Phi) is 8.80. The summed E-state index contributed by atoms with van der Waals surface area (Å²) in [6, 6.07) is 7.85. The van der Waals surface area contributed by atoms with E-state index in [2.05, 4.69) is 11.9 Å². The lowest BCUT2D eigenvalue weighted by molar-refractivity contribution is 0.0999. The van der Waals surface area contributed by atoms with Gasteiger partial charge in [-0.3, -0.25) is 4.40 Å². The second kappa shape index (κ2) is 11.8. The van der Waals surface area contributed by atoms with Crippen LogP contribution in [0.5, 0.6) is 11.5 Å². The van der Waals surface area contributed by atoms with Gasteiger partial charge in [0.1, 0.15) is 18.9 Å². The van der Waals surface area contributed by atoms with Gasteiger partial charge in [0.15, 0.2) is 16.7 Å². The maximum absolute atomic E-state index is 5.96. The Bertz CT molecular complexity index is 932. The van der Waals surface area contributed by atoms with Gasteiger partial charge in [-0.1, -0.05) is 18.7 Å². The Balaban J connectivity index is 1.87. The van der Waals surface area contributed by atoms with E-state index in [1.165, 1.54) is 0 Å². The summed E-state index contributed by atoms with van der Waals surface area (Å²) in [5.41, 5.74) is 2.66. The van der Waals surface area contributed by atoms with Gasteiger partial charge in [-0.15, -0.1) is 0 Å². The Morgan fingerprint density at radius 1 is 0.900 bits per heavy atom. The van der Waals surface area contributed by atoms with E-state index in [0.29, 0.717) is 51.1 Å². The molecule has 7 nitrogen and oxygen atoms in total. The zero-order valence-electron chi connectivity index (χ0n) is 17.8. The molecule has 2 heterocycles. The van der Waals surface area contributed by atoms with Crippen LogP contribution in [0.25, 0.3) is 16.9 Å². The maximum Gasteiger partial charge on any atom is 0.174 e. The quantitative estimate of drug-likeness (QED) is 0.227. The number of imidazole rings is 1. The molecule has 0 aliphatic heterocycles. The van der Waals surface area contributed by atoms with Gasteiger partial charge in [-0.25, -0.2) is 9.97 Å². The molecule has 0 fully saturated rings. The summed E-state index contributed by atoms with van der Waals surface area (Å²) in [6.45, 7) is 9.33. The number of aromatic nitrogens is 3. The van der Waals surface area contributed by atoms with Gasteiger partial charge < -0.3 is 18.9 Å². The van der Waals surface area contributed by atoms with Crippen molar-refractivity contribution >= 4 is 17.4 Å². The molecule has 0 atom stereocenters. The molecule has 3 rings (SSSR count). The molecule has 0 saturated carbocycles. The second-order valence-electron chi connectivity index (χ2n) is 6.26. The first-order chi connectivity index (χ1) is 14.8. The summed E-state index contributed by atoms with van der Waals surface area (Å²) in [4.78, 5) is 9.28. The van der Waals surface area contributed by atoms with E-state index in [0.717, 1.165) is 27.8 Å². The van der Waals surface area contributed by atoms with Crippen molar-refractivity contribution in [3.8, 4) is 22.8 Å². The lowest BCUT2D eigenvalue weighted by atomic mass is 10.1. The third-order valence-corrected chi connectivity index (χ3v) is 5.08. The van der Waals surface area contributed by atoms with Crippen molar-refractivity contribution in [3.05, 3.63) is 36.7 Å². The van der Waals surface area contributed by atoms with Crippen LogP contribution in [0.3, 0.4) is 0 Å². The number of benzene rings is 1. The highest BCUT2D eigenvalue weighted by molar-refractivity contribution is 7.99. The first-order valence-electron chi connectivity index (χ1n) is 10.3. The lowest BCUT2D eigenvalue weighted by Crippen LogP contribution is -2.10. The van der Waals surface area contributed by atoms with E-state index in [1.54, 1.807) is 18.0 Å². The highest BCUT2D eigenvalue weighted by Crippen LogP contribution is 2.33. The average molecular weight is 432 g/mol. The normalized spacial score (nSPS) is 11.2. The largest absolute Gasteiger partial charge is 0.487 e. The molecule has 0 aliphatic rings. The molecule has 3 aromatic rings. The molecule has 162 valence electrons. The Hall–Kier alpha value is -2.29. The van der Waals surface area contributed by atoms with Crippen molar-refractivity contribution in [1.29, 1.82) is 0 Å². The number of hydrogen-bond donors (Lipinski definition) is 0. The molecule has 0 aliphatic carbocycles. The standard InChI is InChI=1S/C22H29N3O4S/c1-4-26-11-13-28-19-8-7-17(15-20(19)29-14-12-27-5-2)18-16-21-23-9-10-25(21)22(24-18)30-6-3/h7-10,15-16H,4-6,11-14H2,1-3H3. The van der Waals surface area contributed by atoms with E-state index in [1.807, 2.05) is 48.7 Å². The van der Waals surface area contributed by atoms with Crippen LogP contribution in [-0.2, 0) is 9.47 Å². The Morgan fingerprint density at radius 2 is 1.63 bits per heavy atom. The molecule has 0 spiro atoms. The summed E-state index contributed by atoms with van der Waals surface area (Å²) in [7, 11) is 0. The number of rotatable bonds is 13. The Morgan fingerprint density at radius 3 is 2.33 bits per heavy atom. The van der Waals surface area contributed by atoms with Crippen LogP contribution in [0.4, 0.5) is 0 Å². The van der Waals surface area contributed by atoms with Crippen LogP contribution in [0.15, 0.2) is 41.8 Å². The monoisotopic (exact) mass is 431 g/mol. The summed E-state index contributed by atoms with van der Waals surface area (Å²) in [5, 5.41) is 0.915. The SMILES string of the molecule is CCOCCOc1ccc(-c2cc3nccn3c(SCC)n2)cc1OCCOCC. The van der Waals surface area contributed by atoms with Crippen LogP contribution in [0.2, 0.25) is 0 Å². The number of ether oxygens (including phenoxy) is 4. The van der Waals surface area contributed by atoms with E-state index in [-0.39, 0.29) is 0 Å². The molecular formula is C22H29N3O4S. The fraction of sp³-hybridized carbons (Fsp3) is 0.455. The van der Waals surface area contributed by atoms with E-state index >= 15 is 0 Å². The maximum atomic E-state index is 5.96. The van der Waals surface area contributed by atoms with Crippen LogP contribution in [0.1, 0.15) is 20.8 Å². The first-order valence-corrected chi connectivity index (χ1v) is 11.3. The molecule has 0 unspecified atom stereocenters. The van der Waals surface area contributed by atoms with Gasteiger partial charge in [0.2, 0.25) is 0 Å². The minimum atomic E-state index is 0.447. The highest BCUT2D eigenvalue weighted by Gasteiger charge is 2.12. The number of hydrogen-bond acceptors (Lipinski definition) is 7. The van der Waals surface area contributed by atoms with Gasteiger partial charge >= 0.3 is 0 Å². The highest BCUT2D eigenvalue weighted by atomic mass is 32.2. The summed E-state index contributed by atoms with van der Waals surface area (Å²) in [5.74, 6) is 2.28. The van der Waals surface area contributed by atoms with Gasteiger partial charge in [-0.2, -0.15) is 0 Å². The van der Waals surface area contributed by atoms with E-state index in [4.69, 9.17) is 23.9 Å². The van der Waals surface area contributed by atoms with Crippen LogP contribution < -0.4 is 9.47 Å². The molecule has 2 aromatic heterocycles. The summed E-state index contributed by atoms with van der Waals surface area (Å²) in [6.07, 6.45) is 3.72. The van der Waals surface area contributed by atoms with Gasteiger partial charge in [0, 0.05) is 37.2 Å². The van der Waals surface area contributed by atoms with Crippen LogP contribution in [-0.4, -0.2) is 59.8 Å². The topological polar surface area (TPSA) is 67.1 Å². The van der Waals surface area contributed by atoms with Gasteiger partial charge in [0.05, 0.1) is 18.9 Å². The second-order valence-corrected chi connectivity index (χ2v) is 7.50. The van der Waals surface area contributed by atoms with Gasteiger partial charge in [0.25, 0.3) is 0 Å². The van der Waals surface area contributed by atoms with Crippen molar-refractivity contribution in [3.63, 3.8) is 0 Å². The van der Waals surface area contributed by atoms with Crippen molar-refractivity contribution in [2.45, 2.75) is 25.9 Å². The van der Waals surface area contributed by atoms with Crippen molar-refractivity contribution in [2.75, 3.05) is 45.4 Å². The molecule has 30 heavy (non-hydrogen) atoms. The minimum Gasteiger partial charge on any atom is -0.487 e. The molecular weight excluding hydrogens is 402 g/mol. The summed E-state index contributed by atoms with van der Waals surface area (Å²) >= 11 is 1.69. The van der Waals surface area contributed by atoms with E-state index < -0.39 is 0 Å². The Labute approximate surface area is 181 Å². The van der Waals surface area contributed by atoms with Crippen molar-refractivity contribution in [1.82, 2.24) is 14.4 Å². The smallest absolute Gasteiger partial charge is 0.174 e. The predicted octanol–water partition coefficient (Wildman–Crippen LogP) is 4.34. The van der Waals surface area contributed by atoms with E-state index in [9.17, 15) is 0 Å². The van der Waals surface area contributed by atoms with Crippen LogP contribution >= 0.6 is 11.8 Å². The minimum absolute atomic E-state index is 0.447. The van der Waals surface area contributed by atoms with Crippen molar-refractivity contribution in [2.24, 2.45) is 0 Å². The lowest BCUT2D eigenvalue weighted by Gasteiger charge is -2.15. The number of fused-ring (bicyclic) bond motifs is 1. The molecule has 0 saturated heterocycles. The predicted molar refractivity (Wildman–Crippen MR) is 119 cm³/mol. The number of thioether (sulfide) groups is 1. The molecule has 0 bridgehead atoms. The molecule has 0 radical (unpaired) electrons. The van der Waals surface area contributed by atoms with Gasteiger partial charge in [-0.05, 0) is 37.8 Å². The fourth-order valence-electron chi connectivity index (χ4n) is 2.88. The molecule has 0 amide bonds. The average Bonchev–Trinajstić information content (AvgIpc) is 3.24. The third-order valence-electron chi connectivity index (χ3n) is 4.25. The fourth-order valence-corrected chi connectivity index (χ4v) is 3.60. The van der Waals surface area contributed by atoms with Crippen molar-refractivity contribution < 1.29 is 18.9 Å². The number of nitrogens with zero attached hydrogens (tertiary/aromatic N) is 3. The third kappa shape index (κ3) is 5.87. The molecule has 1 aromatic carbocycles. The molecule has 0 N–H and O–H groups in total. The summed E-state index contributed by atoms with van der Waals surface area (Å²) < 4.78 is 24.6. The molecule has 8 heteroatoms. The first kappa shape index (κ1) is 22.4. The zero-order valence-corrected chi connectivity index (χ0v) is 18.6. The van der Waals surface area contributed by atoms with Crippen LogP contribution in [0, 0.1) is 0 Å².